The van der Waals surface area contributed by atoms with Gasteiger partial charge in [0.05, 0.1) is 28.6 Å². The van der Waals surface area contributed by atoms with Crippen molar-refractivity contribution in [2.75, 3.05) is 7.11 Å². The lowest BCUT2D eigenvalue weighted by Gasteiger charge is -2.06. The Balaban J connectivity index is 2.14. The molecular weight excluding hydrogens is 304 g/mol. The molecule has 0 unspecified atom stereocenters. The molecule has 2 aromatic carbocycles. The number of nitrogens with zero attached hydrogens (tertiary/aromatic N) is 1. The van der Waals surface area contributed by atoms with Gasteiger partial charge in [-0.2, -0.15) is 0 Å². The monoisotopic (exact) mass is 314 g/mol. The highest BCUT2D eigenvalue weighted by atomic mass is 35.5. The minimum atomic E-state index is -0.517. The third kappa shape index (κ3) is 2.46. The summed E-state index contributed by atoms with van der Waals surface area (Å²) in [6.45, 7) is 0. The first kappa shape index (κ1) is 14.3. The number of H-pyrrole nitrogens is 1. The second-order valence-electron chi connectivity index (χ2n) is 4.62. The Morgan fingerprint density at radius 1 is 1.23 bits per heavy atom. The van der Waals surface area contributed by atoms with Gasteiger partial charge in [-0.15, -0.1) is 0 Å². The summed E-state index contributed by atoms with van der Waals surface area (Å²) < 4.78 is 4.64. The molecule has 3 rings (SSSR count). The molecule has 0 amide bonds. The maximum Gasteiger partial charge on any atom is 0.339 e. The highest BCUT2D eigenvalue weighted by Crippen LogP contribution is 2.24. The van der Waals surface area contributed by atoms with E-state index in [1.54, 1.807) is 36.4 Å². The van der Waals surface area contributed by atoms with Gasteiger partial charge in [0.2, 0.25) is 0 Å². The number of fused-ring (bicyclic) bond motifs is 1. The van der Waals surface area contributed by atoms with Crippen LogP contribution in [0.1, 0.15) is 10.4 Å². The Bertz CT molecular complexity index is 934. The molecule has 0 bridgehead atoms. The van der Waals surface area contributed by atoms with Crippen molar-refractivity contribution in [1.29, 1.82) is 0 Å². The van der Waals surface area contributed by atoms with Crippen LogP contribution in [0.2, 0.25) is 5.02 Å². The number of carbonyl (C=O) groups excluding carboxylic acids is 1. The van der Waals surface area contributed by atoms with Crippen molar-refractivity contribution >= 4 is 28.5 Å². The maximum atomic E-state index is 12.1. The molecule has 1 N–H and O–H groups in total. The average molecular weight is 315 g/mol. The number of hydrogen-bond acceptors (Lipinski definition) is 4. The molecular formula is C16H11ClN2O3. The molecule has 3 aromatic rings. The topological polar surface area (TPSA) is 72.0 Å². The summed E-state index contributed by atoms with van der Waals surface area (Å²) in [6, 6.07) is 11.8. The van der Waals surface area contributed by atoms with E-state index >= 15 is 0 Å². The SMILES string of the molecule is COC(=O)c1ccc(-c2nc3ccccc3c(=O)[nH]2)cc1Cl. The summed E-state index contributed by atoms with van der Waals surface area (Å²) in [5.41, 5.74) is 1.24. The molecule has 0 saturated heterocycles. The molecule has 0 aliphatic heterocycles. The Morgan fingerprint density at radius 3 is 2.73 bits per heavy atom. The zero-order valence-electron chi connectivity index (χ0n) is 11.6. The largest absolute Gasteiger partial charge is 0.465 e. The third-order valence-corrected chi connectivity index (χ3v) is 3.57. The van der Waals surface area contributed by atoms with Crippen LogP contribution in [-0.4, -0.2) is 23.0 Å². The minimum Gasteiger partial charge on any atom is -0.465 e. The normalized spacial score (nSPS) is 10.6. The summed E-state index contributed by atoms with van der Waals surface area (Å²) in [4.78, 5) is 30.7. The van der Waals surface area contributed by atoms with Crippen LogP contribution < -0.4 is 5.56 Å². The van der Waals surface area contributed by atoms with E-state index in [4.69, 9.17) is 11.6 Å². The zero-order valence-corrected chi connectivity index (χ0v) is 12.3. The maximum absolute atomic E-state index is 12.1. The molecule has 0 radical (unpaired) electrons. The molecule has 0 atom stereocenters. The molecule has 110 valence electrons. The van der Waals surface area contributed by atoms with Gasteiger partial charge in [0.1, 0.15) is 5.82 Å². The van der Waals surface area contributed by atoms with Crippen molar-refractivity contribution in [2.45, 2.75) is 0 Å². The van der Waals surface area contributed by atoms with Crippen LogP contribution in [0, 0.1) is 0 Å². The fourth-order valence-electron chi connectivity index (χ4n) is 2.16. The second-order valence-corrected chi connectivity index (χ2v) is 5.03. The third-order valence-electron chi connectivity index (χ3n) is 3.26. The smallest absolute Gasteiger partial charge is 0.339 e. The van der Waals surface area contributed by atoms with Crippen LogP contribution in [0.15, 0.2) is 47.3 Å². The van der Waals surface area contributed by atoms with Crippen LogP contribution in [0.5, 0.6) is 0 Å². The number of ether oxygens (including phenoxy) is 1. The van der Waals surface area contributed by atoms with Gasteiger partial charge in [-0.05, 0) is 24.3 Å². The molecule has 0 fully saturated rings. The van der Waals surface area contributed by atoms with Crippen molar-refractivity contribution in [3.63, 3.8) is 0 Å². The van der Waals surface area contributed by atoms with E-state index < -0.39 is 5.97 Å². The number of aromatic nitrogens is 2. The number of nitrogens with one attached hydrogen (secondary N) is 1. The molecule has 0 aliphatic rings. The summed E-state index contributed by atoms with van der Waals surface area (Å²) in [5, 5.41) is 0.753. The van der Waals surface area contributed by atoms with E-state index in [0.717, 1.165) is 0 Å². The molecule has 22 heavy (non-hydrogen) atoms. The first-order valence-electron chi connectivity index (χ1n) is 6.47. The van der Waals surface area contributed by atoms with E-state index in [-0.39, 0.29) is 16.1 Å². The van der Waals surface area contributed by atoms with Crippen molar-refractivity contribution in [3.05, 3.63) is 63.4 Å². The first-order chi connectivity index (χ1) is 10.6. The van der Waals surface area contributed by atoms with Gasteiger partial charge in [0, 0.05) is 5.56 Å². The highest BCUT2D eigenvalue weighted by Gasteiger charge is 2.13. The lowest BCUT2D eigenvalue weighted by Crippen LogP contribution is -2.09. The second kappa shape index (κ2) is 5.61. The van der Waals surface area contributed by atoms with E-state index in [9.17, 15) is 9.59 Å². The molecule has 1 heterocycles. The first-order valence-corrected chi connectivity index (χ1v) is 6.85. The van der Waals surface area contributed by atoms with Crippen LogP contribution >= 0.6 is 11.6 Å². The standard InChI is InChI=1S/C16H11ClN2O3/c1-22-16(21)10-7-6-9(8-12(10)17)14-18-13-5-3-2-4-11(13)15(20)19-14/h2-8H,1H3,(H,18,19,20). The average Bonchev–Trinajstić information content (AvgIpc) is 2.54. The van der Waals surface area contributed by atoms with Crippen molar-refractivity contribution in [3.8, 4) is 11.4 Å². The number of halogens is 1. The van der Waals surface area contributed by atoms with Crippen molar-refractivity contribution < 1.29 is 9.53 Å². The summed E-state index contributed by atoms with van der Waals surface area (Å²) in [6.07, 6.45) is 0. The van der Waals surface area contributed by atoms with Crippen molar-refractivity contribution in [2.24, 2.45) is 0 Å². The lowest BCUT2D eigenvalue weighted by molar-refractivity contribution is 0.0601. The number of methoxy groups -OCH3 is 1. The van der Waals surface area contributed by atoms with Gasteiger partial charge in [0.25, 0.3) is 5.56 Å². The number of hydrogen-bond donors (Lipinski definition) is 1. The van der Waals surface area contributed by atoms with Gasteiger partial charge in [0.15, 0.2) is 0 Å². The Kier molecular flexibility index (Phi) is 3.65. The van der Waals surface area contributed by atoms with Gasteiger partial charge in [-0.3, -0.25) is 4.79 Å². The van der Waals surface area contributed by atoms with Gasteiger partial charge in [-0.1, -0.05) is 29.8 Å². The molecule has 0 spiro atoms. The number of benzene rings is 2. The molecule has 6 heteroatoms. The fraction of sp³-hybridized carbons (Fsp3) is 0.0625. The van der Waals surface area contributed by atoms with Gasteiger partial charge in [-0.25, -0.2) is 9.78 Å². The quantitative estimate of drug-likeness (QED) is 0.738. The summed E-state index contributed by atoms with van der Waals surface area (Å²) >= 11 is 6.09. The van der Waals surface area contributed by atoms with Gasteiger partial charge >= 0.3 is 5.97 Å². The lowest BCUT2D eigenvalue weighted by atomic mass is 10.1. The van der Waals surface area contributed by atoms with Crippen LogP contribution in [0.3, 0.4) is 0 Å². The van der Waals surface area contributed by atoms with Crippen LogP contribution in [-0.2, 0) is 4.74 Å². The predicted molar refractivity (Wildman–Crippen MR) is 84.1 cm³/mol. The molecule has 0 saturated carbocycles. The summed E-state index contributed by atoms with van der Waals surface area (Å²) in [7, 11) is 1.29. The zero-order chi connectivity index (χ0) is 15.7. The Morgan fingerprint density at radius 2 is 2.00 bits per heavy atom. The van der Waals surface area contributed by atoms with Crippen LogP contribution in [0.4, 0.5) is 0 Å². The van der Waals surface area contributed by atoms with E-state index in [1.165, 1.54) is 7.11 Å². The number of esters is 1. The summed E-state index contributed by atoms with van der Waals surface area (Å²) in [5.74, 6) is -0.126. The number of aromatic amines is 1. The molecule has 0 aliphatic carbocycles. The number of rotatable bonds is 2. The van der Waals surface area contributed by atoms with Crippen LogP contribution in [0.25, 0.3) is 22.3 Å². The number of carbonyl (C=O) groups is 1. The molecule has 5 nitrogen and oxygen atoms in total. The number of para-hydroxylation sites is 1. The van der Waals surface area contributed by atoms with E-state index in [0.29, 0.717) is 22.3 Å². The minimum absolute atomic E-state index is 0.228. The molecule has 1 aromatic heterocycles. The Labute approximate surface area is 130 Å². The fourth-order valence-corrected chi connectivity index (χ4v) is 2.42. The van der Waals surface area contributed by atoms with E-state index in [2.05, 4.69) is 14.7 Å². The highest BCUT2D eigenvalue weighted by molar-refractivity contribution is 6.33. The van der Waals surface area contributed by atoms with Crippen molar-refractivity contribution in [1.82, 2.24) is 9.97 Å². The Hall–Kier alpha value is -2.66. The van der Waals surface area contributed by atoms with Gasteiger partial charge < -0.3 is 9.72 Å². The van der Waals surface area contributed by atoms with E-state index in [1.807, 2.05) is 6.07 Å². The predicted octanol–water partition coefficient (Wildman–Crippen LogP) is 3.03.